The molecule has 0 aliphatic rings. The van der Waals surface area contributed by atoms with Crippen LogP contribution in [0.2, 0.25) is 0 Å². The summed E-state index contributed by atoms with van der Waals surface area (Å²) in [5, 5.41) is 0.469. The molecular formula is C13H18Br2O2S. The van der Waals surface area contributed by atoms with Crippen molar-refractivity contribution in [1.29, 1.82) is 0 Å². The average molecular weight is 398 g/mol. The Bertz CT molecular complexity index is 484. The van der Waals surface area contributed by atoms with Crippen LogP contribution in [-0.2, 0) is 9.84 Å². The van der Waals surface area contributed by atoms with E-state index in [1.165, 1.54) is 0 Å². The van der Waals surface area contributed by atoms with E-state index < -0.39 is 9.84 Å². The van der Waals surface area contributed by atoms with Crippen LogP contribution in [-0.4, -0.2) is 24.8 Å². The van der Waals surface area contributed by atoms with E-state index in [-0.39, 0.29) is 16.9 Å². The third-order valence-electron chi connectivity index (χ3n) is 3.00. The topological polar surface area (TPSA) is 34.1 Å². The van der Waals surface area contributed by atoms with Crippen LogP contribution in [0.15, 0.2) is 28.7 Å². The third-order valence-corrected chi connectivity index (χ3v) is 6.75. The molecule has 1 rings (SSSR count). The van der Waals surface area contributed by atoms with Gasteiger partial charge in [-0.2, -0.15) is 0 Å². The zero-order valence-electron chi connectivity index (χ0n) is 10.6. The van der Waals surface area contributed by atoms with Crippen LogP contribution in [0.3, 0.4) is 0 Å². The highest BCUT2D eigenvalue weighted by molar-refractivity contribution is 9.10. The third kappa shape index (κ3) is 4.35. The van der Waals surface area contributed by atoms with Crippen LogP contribution in [0, 0.1) is 0 Å². The molecule has 5 heteroatoms. The summed E-state index contributed by atoms with van der Waals surface area (Å²) < 4.78 is 24.7. The molecule has 0 fully saturated rings. The van der Waals surface area contributed by atoms with Crippen molar-refractivity contribution in [2.75, 3.05) is 11.1 Å². The molecule has 0 amide bonds. The standard InChI is InChI=1S/C13H18Br2O2S/c1-10(2)18(16,17)8-7-11(9-14)12-5-3-4-6-13(12)15/h3-6,10-11H,7-9H2,1-2H3. The van der Waals surface area contributed by atoms with Gasteiger partial charge in [-0.25, -0.2) is 8.42 Å². The number of rotatable bonds is 6. The fourth-order valence-corrected chi connectivity index (χ4v) is 4.03. The second-order valence-electron chi connectivity index (χ2n) is 4.58. The minimum atomic E-state index is -2.96. The minimum absolute atomic E-state index is 0.217. The first-order valence-electron chi connectivity index (χ1n) is 5.90. The maximum Gasteiger partial charge on any atom is 0.152 e. The maximum atomic E-state index is 11.8. The Balaban J connectivity index is 2.79. The molecule has 1 atom stereocenters. The van der Waals surface area contributed by atoms with Crippen molar-refractivity contribution in [3.8, 4) is 0 Å². The van der Waals surface area contributed by atoms with Gasteiger partial charge < -0.3 is 0 Å². The molecule has 102 valence electrons. The number of sulfone groups is 1. The highest BCUT2D eigenvalue weighted by atomic mass is 79.9. The van der Waals surface area contributed by atoms with E-state index in [2.05, 4.69) is 31.9 Å². The number of halogens is 2. The molecule has 1 unspecified atom stereocenters. The Morgan fingerprint density at radius 3 is 2.33 bits per heavy atom. The smallest absolute Gasteiger partial charge is 0.152 e. The molecule has 0 saturated carbocycles. The lowest BCUT2D eigenvalue weighted by atomic mass is 9.99. The van der Waals surface area contributed by atoms with Gasteiger partial charge in [0, 0.05) is 9.80 Å². The predicted molar refractivity (Wildman–Crippen MR) is 84.2 cm³/mol. The van der Waals surface area contributed by atoms with Crippen molar-refractivity contribution in [1.82, 2.24) is 0 Å². The van der Waals surface area contributed by atoms with Gasteiger partial charge in [0.1, 0.15) is 0 Å². The first-order valence-corrected chi connectivity index (χ1v) is 9.53. The molecular weight excluding hydrogens is 380 g/mol. The van der Waals surface area contributed by atoms with Crippen molar-refractivity contribution in [3.63, 3.8) is 0 Å². The van der Waals surface area contributed by atoms with E-state index in [1.807, 2.05) is 24.3 Å². The summed E-state index contributed by atoms with van der Waals surface area (Å²) in [5.41, 5.74) is 1.16. The SMILES string of the molecule is CC(C)S(=O)(=O)CCC(CBr)c1ccccc1Br. The quantitative estimate of drug-likeness (QED) is 0.676. The minimum Gasteiger partial charge on any atom is -0.229 e. The normalized spacial score (nSPS) is 13.8. The van der Waals surface area contributed by atoms with Crippen molar-refractivity contribution < 1.29 is 8.42 Å². The Kier molecular flexibility index (Phi) is 6.35. The molecule has 1 aromatic rings. The fourth-order valence-electron chi connectivity index (χ4n) is 1.66. The Morgan fingerprint density at radius 2 is 1.83 bits per heavy atom. The molecule has 0 saturated heterocycles. The maximum absolute atomic E-state index is 11.8. The molecule has 18 heavy (non-hydrogen) atoms. The van der Waals surface area contributed by atoms with Gasteiger partial charge in [0.15, 0.2) is 9.84 Å². The Morgan fingerprint density at radius 1 is 1.22 bits per heavy atom. The van der Waals surface area contributed by atoms with Crippen LogP contribution in [0.1, 0.15) is 31.7 Å². The van der Waals surface area contributed by atoms with E-state index in [0.717, 1.165) is 15.4 Å². The second-order valence-corrected chi connectivity index (χ2v) is 8.76. The highest BCUT2D eigenvalue weighted by Crippen LogP contribution is 2.29. The van der Waals surface area contributed by atoms with E-state index >= 15 is 0 Å². The molecule has 0 aromatic heterocycles. The molecule has 1 aromatic carbocycles. The molecule has 0 bridgehead atoms. The number of alkyl halides is 1. The lowest BCUT2D eigenvalue weighted by Crippen LogP contribution is -2.19. The van der Waals surface area contributed by atoms with Gasteiger partial charge in [0.25, 0.3) is 0 Å². The molecule has 0 radical (unpaired) electrons. The molecule has 0 aliphatic heterocycles. The first kappa shape index (κ1) is 16.2. The van der Waals surface area contributed by atoms with Crippen LogP contribution in [0.4, 0.5) is 0 Å². The Hall–Kier alpha value is 0.130. The molecule has 0 aliphatic carbocycles. The average Bonchev–Trinajstić information content (AvgIpc) is 2.31. The van der Waals surface area contributed by atoms with Crippen molar-refractivity contribution in [2.45, 2.75) is 31.4 Å². The summed E-state index contributed by atoms with van der Waals surface area (Å²) >= 11 is 6.99. The summed E-state index contributed by atoms with van der Waals surface area (Å²) in [6.45, 7) is 3.47. The Labute approximate surface area is 126 Å². The first-order chi connectivity index (χ1) is 8.38. The van der Waals surface area contributed by atoms with Crippen molar-refractivity contribution >= 4 is 41.7 Å². The van der Waals surface area contributed by atoms with Crippen molar-refractivity contribution in [2.24, 2.45) is 0 Å². The van der Waals surface area contributed by atoms with Crippen LogP contribution in [0.5, 0.6) is 0 Å². The summed E-state index contributed by atoms with van der Waals surface area (Å²) in [6.07, 6.45) is 0.647. The van der Waals surface area contributed by atoms with Gasteiger partial charge in [0.05, 0.1) is 11.0 Å². The van der Waals surface area contributed by atoms with Gasteiger partial charge in [-0.1, -0.05) is 50.1 Å². The van der Waals surface area contributed by atoms with Gasteiger partial charge in [-0.15, -0.1) is 0 Å². The van der Waals surface area contributed by atoms with Crippen LogP contribution in [0.25, 0.3) is 0 Å². The summed E-state index contributed by atoms with van der Waals surface area (Å²) in [5.74, 6) is 0.455. The summed E-state index contributed by atoms with van der Waals surface area (Å²) in [4.78, 5) is 0. The second kappa shape index (κ2) is 7.06. The highest BCUT2D eigenvalue weighted by Gasteiger charge is 2.20. The fraction of sp³-hybridized carbons (Fsp3) is 0.538. The molecule has 0 N–H and O–H groups in total. The largest absolute Gasteiger partial charge is 0.229 e. The summed E-state index contributed by atoms with van der Waals surface area (Å²) in [6, 6.07) is 7.97. The van der Waals surface area contributed by atoms with Crippen LogP contribution >= 0.6 is 31.9 Å². The number of hydrogen-bond donors (Lipinski definition) is 0. The number of hydrogen-bond acceptors (Lipinski definition) is 2. The van der Waals surface area contributed by atoms with Gasteiger partial charge in [-0.3, -0.25) is 0 Å². The lowest BCUT2D eigenvalue weighted by Gasteiger charge is -2.17. The number of benzene rings is 1. The molecule has 0 heterocycles. The van der Waals surface area contributed by atoms with Crippen molar-refractivity contribution in [3.05, 3.63) is 34.3 Å². The van der Waals surface area contributed by atoms with Gasteiger partial charge in [0.2, 0.25) is 0 Å². The predicted octanol–water partition coefficient (Wildman–Crippen LogP) is 4.14. The van der Waals surface area contributed by atoms with Gasteiger partial charge in [-0.05, 0) is 37.8 Å². The molecule has 0 spiro atoms. The zero-order chi connectivity index (χ0) is 13.8. The van der Waals surface area contributed by atoms with E-state index in [9.17, 15) is 8.42 Å². The van der Waals surface area contributed by atoms with Gasteiger partial charge >= 0.3 is 0 Å². The lowest BCUT2D eigenvalue weighted by molar-refractivity contribution is 0.580. The summed E-state index contributed by atoms with van der Waals surface area (Å²) in [7, 11) is -2.96. The van der Waals surface area contributed by atoms with E-state index in [4.69, 9.17) is 0 Å². The van der Waals surface area contributed by atoms with Crippen LogP contribution < -0.4 is 0 Å². The van der Waals surface area contributed by atoms with E-state index in [1.54, 1.807) is 13.8 Å². The zero-order valence-corrected chi connectivity index (χ0v) is 14.6. The monoisotopic (exact) mass is 396 g/mol. The molecule has 2 nitrogen and oxygen atoms in total. The van der Waals surface area contributed by atoms with E-state index in [0.29, 0.717) is 6.42 Å².